The van der Waals surface area contributed by atoms with Crippen LogP contribution >= 0.6 is 23.2 Å². The van der Waals surface area contributed by atoms with E-state index in [0.29, 0.717) is 38.5 Å². The van der Waals surface area contributed by atoms with E-state index >= 15 is 0 Å². The van der Waals surface area contributed by atoms with Crippen molar-refractivity contribution in [1.82, 2.24) is 4.98 Å². The molecule has 0 spiro atoms. The average molecular weight is 336 g/mol. The zero-order chi connectivity index (χ0) is 16.3. The second-order valence-corrected chi connectivity index (χ2v) is 5.26. The quantitative estimate of drug-likeness (QED) is 0.591. The number of pyridine rings is 1. The first-order valence-electron chi connectivity index (χ1n) is 6.33. The van der Waals surface area contributed by atoms with Gasteiger partial charge in [-0.25, -0.2) is 4.98 Å². The number of amidine groups is 1. The Morgan fingerprint density at radius 3 is 2.36 bits per heavy atom. The van der Waals surface area contributed by atoms with Gasteiger partial charge in [-0.15, -0.1) is 0 Å². The fourth-order valence-electron chi connectivity index (χ4n) is 1.92. The van der Waals surface area contributed by atoms with Crippen LogP contribution in [0.2, 0.25) is 10.0 Å². The van der Waals surface area contributed by atoms with Crippen LogP contribution in [0.5, 0.6) is 0 Å². The van der Waals surface area contributed by atoms with E-state index in [-0.39, 0.29) is 5.82 Å². The first-order valence-corrected chi connectivity index (χ1v) is 7.09. The molecule has 0 saturated heterocycles. The van der Waals surface area contributed by atoms with Crippen molar-refractivity contribution in [2.45, 2.75) is 0 Å². The Kier molecular flexibility index (Phi) is 4.90. The lowest BCUT2D eigenvalue weighted by Gasteiger charge is -2.13. The maximum Gasteiger partial charge on any atom is 0.143 e. The predicted octanol–water partition coefficient (Wildman–Crippen LogP) is 3.23. The molecule has 5 nitrogen and oxygen atoms in total. The lowest BCUT2D eigenvalue weighted by molar-refractivity contribution is 1.23. The van der Waals surface area contributed by atoms with Crippen molar-refractivity contribution in [3.63, 3.8) is 0 Å². The minimum atomic E-state index is 0.236. The van der Waals surface area contributed by atoms with Crippen molar-refractivity contribution >= 4 is 34.9 Å². The maximum absolute atomic E-state index is 6.22. The Hall–Kier alpha value is -2.24. The normalized spacial score (nSPS) is 11.3. The van der Waals surface area contributed by atoms with Gasteiger partial charge in [0.15, 0.2) is 0 Å². The van der Waals surface area contributed by atoms with Gasteiger partial charge in [-0.1, -0.05) is 35.8 Å². The van der Waals surface area contributed by atoms with Crippen LogP contribution in [0.25, 0.3) is 11.3 Å². The van der Waals surface area contributed by atoms with Crippen LogP contribution in [0.3, 0.4) is 0 Å². The van der Waals surface area contributed by atoms with Gasteiger partial charge >= 0.3 is 0 Å². The number of aromatic nitrogens is 1. The van der Waals surface area contributed by atoms with Crippen molar-refractivity contribution in [2.75, 3.05) is 12.4 Å². The van der Waals surface area contributed by atoms with E-state index in [1.807, 2.05) is 0 Å². The highest BCUT2D eigenvalue weighted by atomic mass is 35.5. The van der Waals surface area contributed by atoms with Crippen LogP contribution in [0, 0.1) is 0 Å². The van der Waals surface area contributed by atoms with E-state index in [1.54, 1.807) is 37.4 Å². The molecule has 0 amide bonds. The Labute approximate surface area is 138 Å². The number of halogens is 2. The largest absolute Gasteiger partial charge is 0.386 e. The van der Waals surface area contributed by atoms with Gasteiger partial charge in [-0.3, -0.25) is 4.99 Å². The van der Waals surface area contributed by atoms with Gasteiger partial charge in [-0.05, 0) is 24.3 Å². The Morgan fingerprint density at radius 1 is 1.18 bits per heavy atom. The van der Waals surface area contributed by atoms with Crippen LogP contribution < -0.4 is 16.8 Å². The lowest BCUT2D eigenvalue weighted by Crippen LogP contribution is -2.18. The molecular formula is C15H15Cl2N5. The van der Waals surface area contributed by atoms with Crippen molar-refractivity contribution in [3.8, 4) is 11.3 Å². The predicted molar refractivity (Wildman–Crippen MR) is 93.3 cm³/mol. The molecular weight excluding hydrogens is 321 g/mol. The molecule has 0 aliphatic carbocycles. The molecule has 0 fully saturated rings. The molecule has 1 aromatic heterocycles. The van der Waals surface area contributed by atoms with Gasteiger partial charge in [0, 0.05) is 12.6 Å². The summed E-state index contributed by atoms with van der Waals surface area (Å²) in [4.78, 5) is 8.45. The van der Waals surface area contributed by atoms with Crippen LogP contribution in [0.4, 0.5) is 5.82 Å². The number of rotatable bonds is 4. The van der Waals surface area contributed by atoms with E-state index in [4.69, 9.17) is 34.7 Å². The van der Waals surface area contributed by atoms with Crippen LogP contribution in [0.15, 0.2) is 47.7 Å². The lowest BCUT2D eigenvalue weighted by atomic mass is 10.1. The summed E-state index contributed by atoms with van der Waals surface area (Å²) in [5, 5.41) is 3.87. The average Bonchev–Trinajstić information content (AvgIpc) is 2.46. The fourth-order valence-corrected chi connectivity index (χ4v) is 2.51. The van der Waals surface area contributed by atoms with Gasteiger partial charge in [0.05, 0.1) is 27.1 Å². The van der Waals surface area contributed by atoms with Crippen molar-refractivity contribution in [3.05, 3.63) is 58.3 Å². The molecule has 0 bridgehead atoms. The summed E-state index contributed by atoms with van der Waals surface area (Å²) in [6.45, 7) is 3.61. The monoisotopic (exact) mass is 335 g/mol. The Morgan fingerprint density at radius 2 is 1.82 bits per heavy atom. The summed E-state index contributed by atoms with van der Waals surface area (Å²) in [5.41, 5.74) is 13.3. The highest BCUT2D eigenvalue weighted by Crippen LogP contribution is 2.34. The number of hydrogen-bond acceptors (Lipinski definition) is 4. The SMILES string of the molecule is C=C(N)Nc1nc(-c2c(Cl)cccc2Cl)ccc1C(N)=NC. The molecule has 5 N–H and O–H groups in total. The third-order valence-electron chi connectivity index (χ3n) is 2.91. The van der Waals surface area contributed by atoms with Gasteiger partial charge in [0.25, 0.3) is 0 Å². The van der Waals surface area contributed by atoms with Gasteiger partial charge < -0.3 is 16.8 Å². The zero-order valence-corrected chi connectivity index (χ0v) is 13.4. The molecule has 0 aliphatic heterocycles. The van der Waals surface area contributed by atoms with Crippen LogP contribution in [-0.2, 0) is 0 Å². The minimum Gasteiger partial charge on any atom is -0.386 e. The molecule has 0 saturated carbocycles. The number of hydrogen-bond donors (Lipinski definition) is 3. The third-order valence-corrected chi connectivity index (χ3v) is 3.54. The Balaban J connectivity index is 2.63. The third kappa shape index (κ3) is 3.32. The number of nitrogens with two attached hydrogens (primary N) is 2. The van der Waals surface area contributed by atoms with Crippen LogP contribution in [0.1, 0.15) is 5.56 Å². The summed E-state index contributed by atoms with van der Waals surface area (Å²) in [5.74, 6) is 0.997. The number of nitrogens with zero attached hydrogens (tertiary/aromatic N) is 2. The molecule has 1 aromatic carbocycles. The molecule has 0 atom stereocenters. The van der Waals surface area contributed by atoms with E-state index in [1.165, 1.54) is 0 Å². The number of aliphatic imine (C=N–C) groups is 1. The fraction of sp³-hybridized carbons (Fsp3) is 0.0667. The second-order valence-electron chi connectivity index (χ2n) is 4.45. The van der Waals surface area contributed by atoms with E-state index in [9.17, 15) is 0 Å². The van der Waals surface area contributed by atoms with E-state index in [2.05, 4.69) is 21.9 Å². The molecule has 0 radical (unpaired) electrons. The summed E-state index contributed by atoms with van der Waals surface area (Å²) in [6.07, 6.45) is 0. The van der Waals surface area contributed by atoms with E-state index in [0.717, 1.165) is 0 Å². The molecule has 7 heteroatoms. The minimum absolute atomic E-state index is 0.236. The second kappa shape index (κ2) is 6.68. The van der Waals surface area contributed by atoms with Gasteiger partial charge in [0.2, 0.25) is 0 Å². The summed E-state index contributed by atoms with van der Waals surface area (Å²) < 4.78 is 0. The van der Waals surface area contributed by atoms with E-state index < -0.39 is 0 Å². The standard InChI is InChI=1S/C15H15Cl2N5/c1-8(18)21-15-9(14(19)20-2)6-7-12(22-15)13-10(16)4-3-5-11(13)17/h3-7H,1,18H2,2H3,(H2,19,20)(H,21,22). The first kappa shape index (κ1) is 16.1. The van der Waals surface area contributed by atoms with Gasteiger partial charge in [-0.2, -0.15) is 0 Å². The Bertz CT molecular complexity index is 735. The van der Waals surface area contributed by atoms with Crippen LogP contribution in [-0.4, -0.2) is 17.9 Å². The van der Waals surface area contributed by atoms with Crippen molar-refractivity contribution in [1.29, 1.82) is 0 Å². The highest BCUT2D eigenvalue weighted by Gasteiger charge is 2.14. The summed E-state index contributed by atoms with van der Waals surface area (Å²) >= 11 is 12.4. The molecule has 2 aromatic rings. The molecule has 114 valence electrons. The zero-order valence-electron chi connectivity index (χ0n) is 11.9. The smallest absolute Gasteiger partial charge is 0.143 e. The molecule has 0 unspecified atom stereocenters. The van der Waals surface area contributed by atoms with Crippen molar-refractivity contribution < 1.29 is 0 Å². The molecule has 22 heavy (non-hydrogen) atoms. The summed E-state index contributed by atoms with van der Waals surface area (Å²) in [6, 6.07) is 8.80. The molecule has 0 aliphatic rings. The molecule has 2 rings (SSSR count). The first-order chi connectivity index (χ1) is 10.4. The number of anilines is 1. The number of nitrogens with one attached hydrogen (secondary N) is 1. The van der Waals surface area contributed by atoms with Crippen molar-refractivity contribution in [2.24, 2.45) is 16.5 Å². The topological polar surface area (TPSA) is 89.3 Å². The maximum atomic E-state index is 6.22. The highest BCUT2D eigenvalue weighted by molar-refractivity contribution is 6.39. The molecule has 1 heterocycles. The number of benzene rings is 1. The summed E-state index contributed by atoms with van der Waals surface area (Å²) in [7, 11) is 1.59. The van der Waals surface area contributed by atoms with Gasteiger partial charge in [0.1, 0.15) is 11.7 Å².